The number of hydrogen-bond donors (Lipinski definition) is 3. The van der Waals surface area contributed by atoms with Crippen LogP contribution in [0.2, 0.25) is 0 Å². The molecule has 1 aromatic rings. The number of nitrogens with one attached hydrogen (secondary N) is 1. The minimum Gasteiger partial charge on any atom is -0.399 e. The molecule has 0 bridgehead atoms. The quantitative estimate of drug-likeness (QED) is 0.738. The Morgan fingerprint density at radius 3 is 2.68 bits per heavy atom. The summed E-state index contributed by atoms with van der Waals surface area (Å²) in [4.78, 5) is 0. The molecule has 0 radical (unpaired) electrons. The molecular formula is C15H23BrN2O. The predicted molar refractivity (Wildman–Crippen MR) is 84.2 cm³/mol. The van der Waals surface area contributed by atoms with E-state index in [0.29, 0.717) is 6.54 Å². The van der Waals surface area contributed by atoms with Crippen LogP contribution in [0.1, 0.15) is 39.0 Å². The number of halogens is 1. The molecule has 3 nitrogen and oxygen atoms in total. The van der Waals surface area contributed by atoms with Gasteiger partial charge in [0.2, 0.25) is 0 Å². The van der Waals surface area contributed by atoms with E-state index in [-0.39, 0.29) is 0 Å². The van der Waals surface area contributed by atoms with Crippen molar-refractivity contribution in [1.82, 2.24) is 0 Å². The highest BCUT2D eigenvalue weighted by atomic mass is 79.9. The summed E-state index contributed by atoms with van der Waals surface area (Å²) in [6, 6.07) is 5.69. The van der Waals surface area contributed by atoms with Crippen LogP contribution in [0.15, 0.2) is 22.7 Å². The highest BCUT2D eigenvalue weighted by Gasteiger charge is 2.32. The molecule has 4 heteroatoms. The van der Waals surface area contributed by atoms with Gasteiger partial charge in [-0.05, 0) is 65.7 Å². The van der Waals surface area contributed by atoms with Crippen LogP contribution in [-0.4, -0.2) is 17.3 Å². The Morgan fingerprint density at radius 1 is 1.42 bits per heavy atom. The van der Waals surface area contributed by atoms with Gasteiger partial charge in [0.05, 0.1) is 5.60 Å². The van der Waals surface area contributed by atoms with Crippen molar-refractivity contribution in [1.29, 1.82) is 0 Å². The lowest BCUT2D eigenvalue weighted by Gasteiger charge is -2.36. The predicted octanol–water partition coefficient (Wildman–Crippen LogP) is 3.77. The van der Waals surface area contributed by atoms with Crippen molar-refractivity contribution in [3.63, 3.8) is 0 Å². The van der Waals surface area contributed by atoms with E-state index >= 15 is 0 Å². The molecule has 1 saturated carbocycles. The Bertz CT molecular complexity index is 428. The molecule has 1 aromatic carbocycles. The van der Waals surface area contributed by atoms with Gasteiger partial charge >= 0.3 is 0 Å². The fourth-order valence-corrected chi connectivity index (χ4v) is 3.27. The number of hydrogen-bond acceptors (Lipinski definition) is 3. The Labute approximate surface area is 123 Å². The van der Waals surface area contributed by atoms with Gasteiger partial charge in [0, 0.05) is 22.4 Å². The van der Waals surface area contributed by atoms with Gasteiger partial charge in [-0.3, -0.25) is 0 Å². The second kappa shape index (κ2) is 6.14. The van der Waals surface area contributed by atoms with E-state index in [2.05, 4.69) is 28.2 Å². The van der Waals surface area contributed by atoms with Crippen molar-refractivity contribution in [2.45, 2.75) is 44.6 Å². The molecule has 0 heterocycles. The molecule has 0 atom stereocenters. The van der Waals surface area contributed by atoms with Crippen LogP contribution in [0, 0.1) is 5.92 Å². The van der Waals surface area contributed by atoms with Gasteiger partial charge in [-0.15, -0.1) is 0 Å². The first-order valence-electron chi connectivity index (χ1n) is 7.04. The van der Waals surface area contributed by atoms with E-state index in [1.165, 1.54) is 6.42 Å². The minimum atomic E-state index is -0.563. The van der Waals surface area contributed by atoms with E-state index < -0.39 is 5.60 Å². The average Bonchev–Trinajstić information content (AvgIpc) is 2.39. The van der Waals surface area contributed by atoms with E-state index in [9.17, 15) is 5.11 Å². The molecule has 2 rings (SSSR count). The lowest BCUT2D eigenvalue weighted by atomic mass is 9.78. The SMILES string of the molecule is CCC1CCC(O)(CNc2ccc(N)cc2Br)CC1. The number of aliphatic hydroxyl groups is 1. The average molecular weight is 327 g/mol. The molecular weight excluding hydrogens is 304 g/mol. The first kappa shape index (κ1) is 14.7. The Hall–Kier alpha value is -0.740. The number of nitrogens with two attached hydrogens (primary N) is 1. The van der Waals surface area contributed by atoms with Crippen molar-refractivity contribution in [2.24, 2.45) is 5.92 Å². The largest absolute Gasteiger partial charge is 0.399 e. The van der Waals surface area contributed by atoms with Crippen LogP contribution >= 0.6 is 15.9 Å². The van der Waals surface area contributed by atoms with Crippen molar-refractivity contribution in [3.05, 3.63) is 22.7 Å². The van der Waals surface area contributed by atoms with E-state index in [1.54, 1.807) is 0 Å². The fraction of sp³-hybridized carbons (Fsp3) is 0.600. The van der Waals surface area contributed by atoms with Crippen molar-refractivity contribution in [3.8, 4) is 0 Å². The summed E-state index contributed by atoms with van der Waals surface area (Å²) in [5.74, 6) is 0.795. The Morgan fingerprint density at radius 2 is 2.11 bits per heavy atom. The summed E-state index contributed by atoms with van der Waals surface area (Å²) in [5, 5.41) is 13.9. The zero-order chi connectivity index (χ0) is 13.9. The molecule has 4 N–H and O–H groups in total. The summed E-state index contributed by atoms with van der Waals surface area (Å²) in [5.41, 5.74) is 6.87. The lowest BCUT2D eigenvalue weighted by molar-refractivity contribution is 0.00228. The topological polar surface area (TPSA) is 58.3 Å². The maximum Gasteiger partial charge on any atom is 0.0819 e. The van der Waals surface area contributed by atoms with Gasteiger partial charge in [0.15, 0.2) is 0 Å². The number of anilines is 2. The van der Waals surface area contributed by atoms with Gasteiger partial charge in [0.1, 0.15) is 0 Å². The third kappa shape index (κ3) is 3.86. The van der Waals surface area contributed by atoms with Crippen LogP contribution in [0.25, 0.3) is 0 Å². The van der Waals surface area contributed by atoms with Crippen LogP contribution in [0.3, 0.4) is 0 Å². The highest BCUT2D eigenvalue weighted by molar-refractivity contribution is 9.10. The maximum atomic E-state index is 10.6. The molecule has 1 fully saturated rings. The number of rotatable bonds is 4. The van der Waals surface area contributed by atoms with Crippen LogP contribution in [-0.2, 0) is 0 Å². The zero-order valence-electron chi connectivity index (χ0n) is 11.5. The first-order chi connectivity index (χ1) is 9.02. The number of benzene rings is 1. The van der Waals surface area contributed by atoms with E-state index in [4.69, 9.17) is 5.73 Å². The summed E-state index contributed by atoms with van der Waals surface area (Å²) in [6.07, 6.45) is 5.29. The van der Waals surface area contributed by atoms with Crippen molar-refractivity contribution < 1.29 is 5.11 Å². The molecule has 106 valence electrons. The smallest absolute Gasteiger partial charge is 0.0819 e. The summed E-state index contributed by atoms with van der Waals surface area (Å²) in [6.45, 7) is 2.84. The van der Waals surface area contributed by atoms with Gasteiger partial charge in [-0.25, -0.2) is 0 Å². The van der Waals surface area contributed by atoms with Gasteiger partial charge in [0.25, 0.3) is 0 Å². The second-order valence-corrected chi connectivity index (χ2v) is 6.52. The Balaban J connectivity index is 1.91. The molecule has 0 amide bonds. The third-order valence-electron chi connectivity index (χ3n) is 4.21. The van der Waals surface area contributed by atoms with Crippen LogP contribution in [0.4, 0.5) is 11.4 Å². The van der Waals surface area contributed by atoms with E-state index in [0.717, 1.165) is 47.4 Å². The standard InChI is InChI=1S/C15H23BrN2O/c1-2-11-5-7-15(19,8-6-11)10-18-14-4-3-12(17)9-13(14)16/h3-4,9,11,18-19H,2,5-8,10,17H2,1H3. The molecule has 0 unspecified atom stereocenters. The van der Waals surface area contributed by atoms with E-state index in [1.807, 2.05) is 18.2 Å². The minimum absolute atomic E-state index is 0.563. The Kier molecular flexibility index (Phi) is 4.74. The molecule has 1 aliphatic rings. The molecule has 1 aliphatic carbocycles. The molecule has 0 spiro atoms. The molecule has 0 saturated heterocycles. The van der Waals surface area contributed by atoms with Crippen LogP contribution < -0.4 is 11.1 Å². The van der Waals surface area contributed by atoms with Gasteiger partial charge in [-0.2, -0.15) is 0 Å². The van der Waals surface area contributed by atoms with Gasteiger partial charge < -0.3 is 16.2 Å². The maximum absolute atomic E-state index is 10.6. The summed E-state index contributed by atoms with van der Waals surface area (Å²) in [7, 11) is 0. The van der Waals surface area contributed by atoms with Crippen molar-refractivity contribution in [2.75, 3.05) is 17.6 Å². The summed E-state index contributed by atoms with van der Waals surface area (Å²) < 4.78 is 0.943. The first-order valence-corrected chi connectivity index (χ1v) is 7.83. The fourth-order valence-electron chi connectivity index (χ4n) is 2.73. The highest BCUT2D eigenvalue weighted by Crippen LogP contribution is 2.34. The molecule has 0 aliphatic heterocycles. The second-order valence-electron chi connectivity index (χ2n) is 5.67. The van der Waals surface area contributed by atoms with Crippen molar-refractivity contribution >= 4 is 27.3 Å². The third-order valence-corrected chi connectivity index (χ3v) is 4.87. The normalized spacial score (nSPS) is 27.2. The number of nitrogen functional groups attached to an aromatic ring is 1. The lowest BCUT2D eigenvalue weighted by Crippen LogP contribution is -2.40. The summed E-state index contributed by atoms with van der Waals surface area (Å²) >= 11 is 3.49. The van der Waals surface area contributed by atoms with Crippen LogP contribution in [0.5, 0.6) is 0 Å². The van der Waals surface area contributed by atoms with Gasteiger partial charge in [-0.1, -0.05) is 13.3 Å². The molecule has 19 heavy (non-hydrogen) atoms. The zero-order valence-corrected chi connectivity index (χ0v) is 13.0. The monoisotopic (exact) mass is 326 g/mol. The molecule has 0 aromatic heterocycles.